The fourth-order valence-electron chi connectivity index (χ4n) is 0.905. The van der Waals surface area contributed by atoms with Crippen LogP contribution in [0.5, 0.6) is 0 Å². The zero-order valence-electron chi connectivity index (χ0n) is 6.94. The second kappa shape index (κ2) is 5.17. The van der Waals surface area contributed by atoms with Gasteiger partial charge in [0.25, 0.3) is 0 Å². The van der Waals surface area contributed by atoms with E-state index in [-0.39, 0.29) is 18.0 Å². The van der Waals surface area contributed by atoms with Crippen molar-refractivity contribution in [2.45, 2.75) is 6.04 Å². The minimum atomic E-state index is -1.31. The number of hydrogen-bond acceptors (Lipinski definition) is 1. The van der Waals surface area contributed by atoms with Crippen molar-refractivity contribution in [2.24, 2.45) is 5.73 Å². The molecule has 1 atom stereocenters. The van der Waals surface area contributed by atoms with Crippen LogP contribution in [0.15, 0.2) is 12.1 Å². The first kappa shape index (κ1) is 13.2. The summed E-state index contributed by atoms with van der Waals surface area (Å²) >= 11 is 0. The van der Waals surface area contributed by atoms with E-state index in [1.54, 1.807) is 0 Å². The molecule has 1 aromatic carbocycles. The zero-order valence-corrected chi connectivity index (χ0v) is 7.75. The lowest BCUT2D eigenvalue weighted by Crippen LogP contribution is -2.14. The molecule has 1 rings (SSSR count). The van der Waals surface area contributed by atoms with Crippen molar-refractivity contribution in [1.82, 2.24) is 0 Å². The summed E-state index contributed by atoms with van der Waals surface area (Å²) in [6.45, 7) is -1.03. The van der Waals surface area contributed by atoms with Gasteiger partial charge in [0.15, 0.2) is 11.6 Å². The average molecular weight is 230 g/mol. The molecule has 1 aromatic rings. The molecule has 0 radical (unpaired) electrons. The third-order valence-corrected chi connectivity index (χ3v) is 1.61. The van der Waals surface area contributed by atoms with Crippen LogP contribution in [-0.2, 0) is 0 Å². The van der Waals surface area contributed by atoms with E-state index in [2.05, 4.69) is 0 Å². The van der Waals surface area contributed by atoms with E-state index in [4.69, 9.17) is 5.73 Å². The average Bonchev–Trinajstić information content (AvgIpc) is 2.10. The second-order valence-corrected chi connectivity index (χ2v) is 2.55. The van der Waals surface area contributed by atoms with Gasteiger partial charge in [-0.2, -0.15) is 0 Å². The van der Waals surface area contributed by atoms with Crippen molar-refractivity contribution in [1.29, 1.82) is 0 Å². The van der Waals surface area contributed by atoms with Gasteiger partial charge in [-0.1, -0.05) is 0 Å². The number of nitrogens with two attached hydrogens (primary N) is 1. The molecule has 0 amide bonds. The standard InChI is InChI=1S/C8H7F4N.ClH/c9-3-8(13)4-1-6(11)7(12)2-5(4)10;/h1-2,8H,3,13H2;1H/t8-;/m1./s1. The smallest absolute Gasteiger partial charge is 0.161 e. The first-order valence-corrected chi connectivity index (χ1v) is 3.52. The summed E-state index contributed by atoms with van der Waals surface area (Å²) in [5.41, 5.74) is 4.75. The van der Waals surface area contributed by atoms with Crippen LogP contribution in [0.4, 0.5) is 17.6 Å². The predicted molar refractivity (Wildman–Crippen MR) is 46.5 cm³/mol. The maximum Gasteiger partial charge on any atom is 0.161 e. The van der Waals surface area contributed by atoms with Crippen LogP contribution in [0.25, 0.3) is 0 Å². The summed E-state index contributed by atoms with van der Waals surface area (Å²) in [4.78, 5) is 0. The lowest BCUT2D eigenvalue weighted by Gasteiger charge is -2.08. The van der Waals surface area contributed by atoms with E-state index in [0.29, 0.717) is 12.1 Å². The molecule has 80 valence electrons. The largest absolute Gasteiger partial charge is 0.322 e. The molecule has 0 saturated heterocycles. The number of rotatable bonds is 2. The van der Waals surface area contributed by atoms with Crippen molar-refractivity contribution < 1.29 is 17.6 Å². The van der Waals surface area contributed by atoms with Crippen molar-refractivity contribution in [3.63, 3.8) is 0 Å². The van der Waals surface area contributed by atoms with Crippen LogP contribution < -0.4 is 5.73 Å². The Morgan fingerprint density at radius 3 is 2.07 bits per heavy atom. The summed E-state index contributed by atoms with van der Waals surface area (Å²) in [7, 11) is 0. The highest BCUT2D eigenvalue weighted by atomic mass is 35.5. The highest BCUT2D eigenvalue weighted by Crippen LogP contribution is 2.19. The molecule has 0 spiro atoms. The molecule has 0 heterocycles. The van der Waals surface area contributed by atoms with Gasteiger partial charge in [0.05, 0.1) is 6.04 Å². The van der Waals surface area contributed by atoms with Gasteiger partial charge in [-0.05, 0) is 6.07 Å². The maximum absolute atomic E-state index is 12.8. The van der Waals surface area contributed by atoms with Crippen LogP contribution in [-0.4, -0.2) is 6.67 Å². The van der Waals surface area contributed by atoms with Gasteiger partial charge in [0, 0.05) is 11.6 Å². The van der Waals surface area contributed by atoms with Gasteiger partial charge in [-0.3, -0.25) is 0 Å². The van der Waals surface area contributed by atoms with Gasteiger partial charge in [-0.15, -0.1) is 12.4 Å². The minimum Gasteiger partial charge on any atom is -0.322 e. The Balaban J connectivity index is 0.00000169. The van der Waals surface area contributed by atoms with Crippen molar-refractivity contribution in [2.75, 3.05) is 6.67 Å². The molecule has 0 aliphatic heterocycles. The molecule has 6 heteroatoms. The topological polar surface area (TPSA) is 26.0 Å². The van der Waals surface area contributed by atoms with Crippen LogP contribution in [0.2, 0.25) is 0 Å². The normalized spacial score (nSPS) is 12.1. The van der Waals surface area contributed by atoms with Gasteiger partial charge < -0.3 is 5.73 Å². The highest BCUT2D eigenvalue weighted by molar-refractivity contribution is 5.85. The van der Waals surface area contributed by atoms with Gasteiger partial charge in [0.1, 0.15) is 12.5 Å². The molecular weight excluding hydrogens is 222 g/mol. The highest BCUT2D eigenvalue weighted by Gasteiger charge is 2.15. The minimum absolute atomic E-state index is 0. The van der Waals surface area contributed by atoms with Crippen molar-refractivity contribution >= 4 is 12.4 Å². The van der Waals surface area contributed by atoms with E-state index in [0.717, 1.165) is 0 Å². The van der Waals surface area contributed by atoms with E-state index in [9.17, 15) is 17.6 Å². The Bertz CT molecular complexity index is 318. The SMILES string of the molecule is Cl.N[C@H](CF)c1cc(F)c(F)cc1F. The molecule has 14 heavy (non-hydrogen) atoms. The van der Waals surface area contributed by atoms with Gasteiger partial charge in [-0.25, -0.2) is 17.6 Å². The van der Waals surface area contributed by atoms with Crippen molar-refractivity contribution in [3.8, 4) is 0 Å². The van der Waals surface area contributed by atoms with Crippen molar-refractivity contribution in [3.05, 3.63) is 35.1 Å². The zero-order chi connectivity index (χ0) is 10.0. The summed E-state index contributed by atoms with van der Waals surface area (Å²) in [5.74, 6) is -3.59. The molecule has 0 bridgehead atoms. The fraction of sp³-hybridized carbons (Fsp3) is 0.250. The lowest BCUT2D eigenvalue weighted by molar-refractivity contribution is 0.420. The van der Waals surface area contributed by atoms with E-state index in [1.807, 2.05) is 0 Å². The summed E-state index contributed by atoms with van der Waals surface area (Å²) in [6.07, 6.45) is 0. The Hall–Kier alpha value is -0.810. The molecule has 0 unspecified atom stereocenters. The summed E-state index contributed by atoms with van der Waals surface area (Å²) < 4.78 is 49.7. The van der Waals surface area contributed by atoms with Crippen LogP contribution >= 0.6 is 12.4 Å². The molecule has 0 fully saturated rings. The molecular formula is C8H8ClF4N. The molecule has 0 aliphatic carbocycles. The van der Waals surface area contributed by atoms with E-state index >= 15 is 0 Å². The van der Waals surface area contributed by atoms with Crippen LogP contribution in [0.1, 0.15) is 11.6 Å². The second-order valence-electron chi connectivity index (χ2n) is 2.55. The summed E-state index contributed by atoms with van der Waals surface area (Å²) in [5, 5.41) is 0. The lowest BCUT2D eigenvalue weighted by atomic mass is 10.1. The molecule has 0 saturated carbocycles. The first-order chi connectivity index (χ1) is 6.06. The third kappa shape index (κ3) is 2.59. The van der Waals surface area contributed by atoms with E-state index in [1.165, 1.54) is 0 Å². The molecule has 0 aromatic heterocycles. The number of alkyl halides is 1. The summed E-state index contributed by atoms with van der Waals surface area (Å²) in [6, 6.07) is -0.343. The Morgan fingerprint density at radius 2 is 1.57 bits per heavy atom. The Morgan fingerprint density at radius 1 is 1.07 bits per heavy atom. The Kier molecular flexibility index (Phi) is 4.87. The van der Waals surface area contributed by atoms with E-state index < -0.39 is 30.2 Å². The maximum atomic E-state index is 12.8. The molecule has 1 nitrogen and oxygen atoms in total. The van der Waals surface area contributed by atoms with Crippen LogP contribution in [0.3, 0.4) is 0 Å². The predicted octanol–water partition coefficient (Wildman–Crippen LogP) is 2.50. The third-order valence-electron chi connectivity index (χ3n) is 1.61. The number of halogens is 5. The Labute approximate surface area is 84.3 Å². The monoisotopic (exact) mass is 229 g/mol. The fourth-order valence-corrected chi connectivity index (χ4v) is 0.905. The van der Waals surface area contributed by atoms with Gasteiger partial charge in [0.2, 0.25) is 0 Å². The van der Waals surface area contributed by atoms with Crippen LogP contribution in [0, 0.1) is 17.5 Å². The number of benzene rings is 1. The quantitative estimate of drug-likeness (QED) is 0.612. The number of hydrogen-bond donors (Lipinski definition) is 1. The molecule has 2 N–H and O–H groups in total. The van der Waals surface area contributed by atoms with Gasteiger partial charge >= 0.3 is 0 Å². The first-order valence-electron chi connectivity index (χ1n) is 3.52. The molecule has 0 aliphatic rings.